The van der Waals surface area contributed by atoms with Gasteiger partial charge in [-0.15, -0.1) is 0 Å². The van der Waals surface area contributed by atoms with Crippen molar-refractivity contribution in [1.29, 1.82) is 0 Å². The van der Waals surface area contributed by atoms with E-state index in [0.29, 0.717) is 17.2 Å². The third-order valence-electron chi connectivity index (χ3n) is 6.67. The van der Waals surface area contributed by atoms with Crippen LogP contribution in [0.4, 0.5) is 0 Å². The van der Waals surface area contributed by atoms with E-state index < -0.39 is 6.04 Å². The Bertz CT molecular complexity index is 1370. The molecule has 5 nitrogen and oxygen atoms in total. The van der Waals surface area contributed by atoms with Crippen LogP contribution < -0.4 is 10.1 Å². The molecule has 0 aliphatic rings. The Morgan fingerprint density at radius 3 is 2.34 bits per heavy atom. The van der Waals surface area contributed by atoms with Gasteiger partial charge in [0.1, 0.15) is 11.8 Å². The van der Waals surface area contributed by atoms with Crippen molar-refractivity contribution in [3.63, 3.8) is 0 Å². The zero-order valence-corrected chi connectivity index (χ0v) is 22.5. The lowest BCUT2D eigenvalue weighted by atomic mass is 10.0. The smallest absolute Gasteiger partial charge is 0.261 e. The van der Waals surface area contributed by atoms with Gasteiger partial charge in [0.2, 0.25) is 5.91 Å². The number of carbonyl (C=O) groups excluding carboxylic acids is 2. The van der Waals surface area contributed by atoms with Gasteiger partial charge in [-0.2, -0.15) is 0 Å². The van der Waals surface area contributed by atoms with Gasteiger partial charge < -0.3 is 15.0 Å². The summed E-state index contributed by atoms with van der Waals surface area (Å²) in [6.45, 7) is 3.95. The monoisotopic (exact) mass is 528 g/mol. The fourth-order valence-electron chi connectivity index (χ4n) is 4.35. The quantitative estimate of drug-likeness (QED) is 0.244. The molecule has 1 N–H and O–H groups in total. The first-order valence-corrected chi connectivity index (χ1v) is 13.3. The van der Waals surface area contributed by atoms with Crippen LogP contribution in [0, 0.1) is 0 Å². The molecule has 0 aromatic heterocycles. The highest BCUT2D eigenvalue weighted by molar-refractivity contribution is 6.31. The second-order valence-corrected chi connectivity index (χ2v) is 9.81. The molecular weight excluding hydrogens is 496 g/mol. The number of ether oxygens (including phenoxy) is 1. The van der Waals surface area contributed by atoms with E-state index in [1.54, 1.807) is 11.0 Å². The molecule has 4 aromatic carbocycles. The Morgan fingerprint density at radius 2 is 1.58 bits per heavy atom. The van der Waals surface area contributed by atoms with E-state index in [1.807, 2.05) is 105 Å². The van der Waals surface area contributed by atoms with Gasteiger partial charge in [-0.25, -0.2) is 0 Å². The largest absolute Gasteiger partial charge is 0.483 e. The molecule has 0 spiro atoms. The second-order valence-electron chi connectivity index (χ2n) is 9.40. The number of hydrogen-bond acceptors (Lipinski definition) is 3. The summed E-state index contributed by atoms with van der Waals surface area (Å²) in [5.41, 5.74) is 1.73. The first-order valence-electron chi connectivity index (χ1n) is 12.9. The minimum atomic E-state index is -0.744. The van der Waals surface area contributed by atoms with Crippen molar-refractivity contribution in [1.82, 2.24) is 10.2 Å². The Balaban J connectivity index is 1.66. The molecule has 4 aromatic rings. The number of rotatable bonds is 11. The van der Waals surface area contributed by atoms with Crippen LogP contribution in [0.3, 0.4) is 0 Å². The van der Waals surface area contributed by atoms with Crippen LogP contribution in [0.25, 0.3) is 10.8 Å². The van der Waals surface area contributed by atoms with E-state index in [4.69, 9.17) is 16.3 Å². The third kappa shape index (κ3) is 6.93. The maximum absolute atomic E-state index is 13.8. The molecular formula is C32H33ClN2O3. The highest BCUT2D eigenvalue weighted by Crippen LogP contribution is 2.26. The molecule has 38 heavy (non-hydrogen) atoms. The summed E-state index contributed by atoms with van der Waals surface area (Å²) in [6.07, 6.45) is 1.15. The fourth-order valence-corrected chi connectivity index (χ4v) is 4.54. The van der Waals surface area contributed by atoms with E-state index in [-0.39, 0.29) is 31.0 Å². The molecule has 0 bridgehead atoms. The molecule has 2 amide bonds. The maximum Gasteiger partial charge on any atom is 0.261 e. The lowest BCUT2D eigenvalue weighted by molar-refractivity contribution is -0.143. The van der Waals surface area contributed by atoms with Gasteiger partial charge in [0.25, 0.3) is 5.91 Å². The Labute approximate surface area is 229 Å². The van der Waals surface area contributed by atoms with Crippen LogP contribution >= 0.6 is 11.6 Å². The van der Waals surface area contributed by atoms with E-state index in [1.165, 1.54) is 0 Å². The van der Waals surface area contributed by atoms with Gasteiger partial charge >= 0.3 is 0 Å². The summed E-state index contributed by atoms with van der Waals surface area (Å²) in [5, 5.41) is 5.57. The SMILES string of the molecule is CCC(C)NC(=O)C(Cc1ccccc1)N(Cc1ccccc1Cl)C(=O)COc1cccc2ccccc12. The fraction of sp³-hybridized carbons (Fsp3) is 0.250. The summed E-state index contributed by atoms with van der Waals surface area (Å²) in [5.74, 6) is 0.129. The highest BCUT2D eigenvalue weighted by atomic mass is 35.5. The Kier molecular flexibility index (Phi) is 9.39. The number of nitrogens with zero attached hydrogens (tertiary/aromatic N) is 1. The number of benzene rings is 4. The van der Waals surface area contributed by atoms with E-state index >= 15 is 0 Å². The molecule has 0 aliphatic carbocycles. The van der Waals surface area contributed by atoms with Crippen molar-refractivity contribution in [3.8, 4) is 5.75 Å². The molecule has 0 saturated carbocycles. The molecule has 0 radical (unpaired) electrons. The van der Waals surface area contributed by atoms with Gasteiger partial charge in [-0.05, 0) is 42.0 Å². The molecule has 0 heterocycles. The normalized spacial score (nSPS) is 12.5. The summed E-state index contributed by atoms with van der Waals surface area (Å²) in [6, 6.07) is 30.0. The molecule has 4 rings (SSSR count). The lowest BCUT2D eigenvalue weighted by Gasteiger charge is -2.32. The number of carbonyl (C=O) groups is 2. The third-order valence-corrected chi connectivity index (χ3v) is 7.04. The summed E-state index contributed by atoms with van der Waals surface area (Å²) in [4.78, 5) is 29.0. The van der Waals surface area contributed by atoms with Crippen molar-refractivity contribution in [2.24, 2.45) is 0 Å². The minimum absolute atomic E-state index is 0.0232. The summed E-state index contributed by atoms with van der Waals surface area (Å²) >= 11 is 6.49. The van der Waals surface area contributed by atoms with E-state index in [0.717, 1.165) is 28.3 Å². The standard InChI is InChI=1S/C32H33ClN2O3/c1-3-23(2)34-32(37)29(20-24-12-5-4-6-13-24)35(21-26-15-8-10-18-28(26)33)31(36)22-38-30-19-11-16-25-14-7-9-17-27(25)30/h4-19,23,29H,3,20-22H2,1-2H3,(H,34,37). The second kappa shape index (κ2) is 13.1. The Morgan fingerprint density at radius 1 is 0.895 bits per heavy atom. The number of fused-ring (bicyclic) bond motifs is 1. The number of hydrogen-bond donors (Lipinski definition) is 1. The maximum atomic E-state index is 13.8. The first-order chi connectivity index (χ1) is 18.5. The molecule has 2 unspecified atom stereocenters. The predicted molar refractivity (Wildman–Crippen MR) is 153 cm³/mol. The molecule has 0 aliphatic heterocycles. The first kappa shape index (κ1) is 27.2. The summed E-state index contributed by atoms with van der Waals surface area (Å²) < 4.78 is 6.06. The minimum Gasteiger partial charge on any atom is -0.483 e. The van der Waals surface area contributed by atoms with Crippen molar-refractivity contribution in [3.05, 3.63) is 113 Å². The number of halogens is 1. The van der Waals surface area contributed by atoms with Crippen molar-refractivity contribution in [2.45, 2.75) is 45.3 Å². The topological polar surface area (TPSA) is 58.6 Å². The zero-order valence-electron chi connectivity index (χ0n) is 21.8. The Hall–Kier alpha value is -3.83. The molecule has 0 fully saturated rings. The van der Waals surface area contributed by atoms with Crippen LogP contribution in [-0.2, 0) is 22.6 Å². The van der Waals surface area contributed by atoms with Gasteiger partial charge in [0.05, 0.1) is 0 Å². The van der Waals surface area contributed by atoms with Crippen LogP contribution in [0.5, 0.6) is 5.75 Å². The van der Waals surface area contributed by atoms with Crippen molar-refractivity contribution < 1.29 is 14.3 Å². The molecule has 6 heteroatoms. The molecule has 196 valence electrons. The van der Waals surface area contributed by atoms with Gasteiger partial charge in [-0.1, -0.05) is 103 Å². The highest BCUT2D eigenvalue weighted by Gasteiger charge is 2.31. The van der Waals surface area contributed by atoms with Crippen LogP contribution in [0.15, 0.2) is 97.1 Å². The molecule has 0 saturated heterocycles. The van der Waals surface area contributed by atoms with E-state index in [9.17, 15) is 9.59 Å². The molecule has 2 atom stereocenters. The van der Waals surface area contributed by atoms with Crippen LogP contribution in [0.1, 0.15) is 31.4 Å². The summed E-state index contributed by atoms with van der Waals surface area (Å²) in [7, 11) is 0. The van der Waals surface area contributed by atoms with Gasteiger partial charge in [0, 0.05) is 29.4 Å². The van der Waals surface area contributed by atoms with Crippen molar-refractivity contribution >= 4 is 34.2 Å². The van der Waals surface area contributed by atoms with Crippen LogP contribution in [-0.4, -0.2) is 35.4 Å². The van der Waals surface area contributed by atoms with Crippen molar-refractivity contribution in [2.75, 3.05) is 6.61 Å². The average Bonchev–Trinajstić information content (AvgIpc) is 2.94. The predicted octanol–water partition coefficient (Wildman–Crippen LogP) is 6.43. The zero-order chi connectivity index (χ0) is 26.9. The average molecular weight is 529 g/mol. The van der Waals surface area contributed by atoms with Gasteiger partial charge in [-0.3, -0.25) is 9.59 Å². The van der Waals surface area contributed by atoms with Crippen LogP contribution in [0.2, 0.25) is 5.02 Å². The lowest BCUT2D eigenvalue weighted by Crippen LogP contribution is -2.53. The number of amides is 2. The van der Waals surface area contributed by atoms with E-state index in [2.05, 4.69) is 5.32 Å². The van der Waals surface area contributed by atoms with Gasteiger partial charge in [0.15, 0.2) is 6.61 Å². The number of nitrogens with one attached hydrogen (secondary N) is 1.